The SMILES string of the molecule is C=C1CCCC(C)(C)C1CCC(C)CCOC(C)=O. The van der Waals surface area contributed by atoms with Crippen molar-refractivity contribution >= 4 is 5.97 Å². The molecule has 0 aromatic carbocycles. The molecule has 0 amide bonds. The van der Waals surface area contributed by atoms with Crippen LogP contribution in [0, 0.1) is 17.3 Å². The maximum atomic E-state index is 10.7. The topological polar surface area (TPSA) is 26.3 Å². The molecule has 2 nitrogen and oxygen atoms in total. The van der Waals surface area contributed by atoms with Gasteiger partial charge < -0.3 is 4.74 Å². The molecule has 110 valence electrons. The third-order valence-corrected chi connectivity index (χ3v) is 4.62. The Kier molecular flexibility index (Phi) is 6.09. The molecule has 2 unspecified atom stereocenters. The van der Waals surface area contributed by atoms with Crippen molar-refractivity contribution in [2.24, 2.45) is 17.3 Å². The fourth-order valence-electron chi connectivity index (χ4n) is 3.27. The van der Waals surface area contributed by atoms with Crippen LogP contribution in [0.5, 0.6) is 0 Å². The lowest BCUT2D eigenvalue weighted by atomic mass is 9.65. The van der Waals surface area contributed by atoms with Crippen LogP contribution in [-0.2, 0) is 9.53 Å². The lowest BCUT2D eigenvalue weighted by Crippen LogP contribution is -2.29. The molecule has 19 heavy (non-hydrogen) atoms. The van der Waals surface area contributed by atoms with E-state index in [0.717, 1.165) is 6.42 Å². The van der Waals surface area contributed by atoms with Gasteiger partial charge in [-0.15, -0.1) is 0 Å². The van der Waals surface area contributed by atoms with Gasteiger partial charge in [0.2, 0.25) is 0 Å². The largest absolute Gasteiger partial charge is 0.466 e. The van der Waals surface area contributed by atoms with Gasteiger partial charge in [-0.1, -0.05) is 32.9 Å². The normalized spacial score (nSPS) is 24.0. The predicted molar refractivity (Wildman–Crippen MR) is 79.9 cm³/mol. The molecule has 0 saturated heterocycles. The lowest BCUT2D eigenvalue weighted by Gasteiger charge is -2.40. The van der Waals surface area contributed by atoms with Crippen LogP contribution in [0.2, 0.25) is 0 Å². The zero-order valence-corrected chi connectivity index (χ0v) is 13.1. The Bertz CT molecular complexity index is 317. The number of allylic oxidation sites excluding steroid dienone is 1. The maximum absolute atomic E-state index is 10.7. The summed E-state index contributed by atoms with van der Waals surface area (Å²) in [4.78, 5) is 10.7. The number of hydrogen-bond donors (Lipinski definition) is 0. The fraction of sp³-hybridized carbons (Fsp3) is 0.824. The molecule has 1 saturated carbocycles. The number of hydrogen-bond acceptors (Lipinski definition) is 2. The average Bonchev–Trinajstić information content (AvgIpc) is 2.26. The smallest absolute Gasteiger partial charge is 0.302 e. The zero-order chi connectivity index (χ0) is 14.5. The van der Waals surface area contributed by atoms with Crippen molar-refractivity contribution in [1.82, 2.24) is 0 Å². The van der Waals surface area contributed by atoms with E-state index in [9.17, 15) is 4.79 Å². The minimum absolute atomic E-state index is 0.172. The fourth-order valence-corrected chi connectivity index (χ4v) is 3.27. The van der Waals surface area contributed by atoms with Crippen molar-refractivity contribution in [3.05, 3.63) is 12.2 Å². The Hall–Kier alpha value is -0.790. The highest BCUT2D eigenvalue weighted by Crippen LogP contribution is 2.45. The summed E-state index contributed by atoms with van der Waals surface area (Å²) in [7, 11) is 0. The van der Waals surface area contributed by atoms with Crippen LogP contribution in [0.4, 0.5) is 0 Å². The third-order valence-electron chi connectivity index (χ3n) is 4.62. The van der Waals surface area contributed by atoms with Crippen molar-refractivity contribution in [1.29, 1.82) is 0 Å². The summed E-state index contributed by atoms with van der Waals surface area (Å²) in [5.74, 6) is 1.11. The average molecular weight is 266 g/mol. The van der Waals surface area contributed by atoms with E-state index in [1.807, 2.05) is 0 Å². The number of carbonyl (C=O) groups excluding carboxylic acids is 1. The molecule has 1 aliphatic carbocycles. The Morgan fingerprint density at radius 3 is 2.74 bits per heavy atom. The Morgan fingerprint density at radius 2 is 2.16 bits per heavy atom. The van der Waals surface area contributed by atoms with Crippen molar-refractivity contribution in [2.45, 2.75) is 66.2 Å². The summed E-state index contributed by atoms with van der Waals surface area (Å²) in [6.45, 7) is 13.3. The van der Waals surface area contributed by atoms with Gasteiger partial charge in [-0.05, 0) is 55.8 Å². The van der Waals surface area contributed by atoms with Crippen LogP contribution in [0.25, 0.3) is 0 Å². The van der Waals surface area contributed by atoms with E-state index in [2.05, 4.69) is 27.4 Å². The standard InChI is InChI=1S/C17H30O2/c1-13(10-12-19-15(3)18)8-9-16-14(2)7-6-11-17(16,4)5/h13,16H,2,6-12H2,1,3-5H3. The number of esters is 1. The molecule has 0 aromatic heterocycles. The molecule has 0 radical (unpaired) electrons. The van der Waals surface area contributed by atoms with Crippen LogP contribution >= 0.6 is 0 Å². The molecule has 0 aromatic rings. The van der Waals surface area contributed by atoms with E-state index in [-0.39, 0.29) is 5.97 Å². The third kappa shape index (κ3) is 5.38. The second kappa shape index (κ2) is 7.12. The summed E-state index contributed by atoms with van der Waals surface area (Å²) in [6, 6.07) is 0. The van der Waals surface area contributed by atoms with Crippen molar-refractivity contribution in [3.8, 4) is 0 Å². The van der Waals surface area contributed by atoms with E-state index in [1.165, 1.54) is 44.6 Å². The van der Waals surface area contributed by atoms with E-state index < -0.39 is 0 Å². The van der Waals surface area contributed by atoms with Gasteiger partial charge in [0.15, 0.2) is 0 Å². The van der Waals surface area contributed by atoms with Crippen LogP contribution in [0.3, 0.4) is 0 Å². The van der Waals surface area contributed by atoms with Crippen molar-refractivity contribution < 1.29 is 9.53 Å². The zero-order valence-electron chi connectivity index (χ0n) is 13.1. The van der Waals surface area contributed by atoms with E-state index in [1.54, 1.807) is 0 Å². The first-order chi connectivity index (χ1) is 8.83. The van der Waals surface area contributed by atoms with Gasteiger partial charge >= 0.3 is 5.97 Å². The predicted octanol–water partition coefficient (Wildman–Crippen LogP) is 4.74. The first-order valence-corrected chi connectivity index (χ1v) is 7.64. The van der Waals surface area contributed by atoms with Crippen LogP contribution in [-0.4, -0.2) is 12.6 Å². The number of carbonyl (C=O) groups is 1. The quantitative estimate of drug-likeness (QED) is 0.513. The summed E-state index contributed by atoms with van der Waals surface area (Å²) >= 11 is 0. The van der Waals surface area contributed by atoms with Gasteiger partial charge in [-0.2, -0.15) is 0 Å². The summed E-state index contributed by atoms with van der Waals surface area (Å²) in [5, 5.41) is 0. The van der Waals surface area contributed by atoms with Gasteiger partial charge in [0, 0.05) is 6.92 Å². The Morgan fingerprint density at radius 1 is 1.47 bits per heavy atom. The molecule has 0 heterocycles. The van der Waals surface area contributed by atoms with Gasteiger partial charge in [-0.3, -0.25) is 4.79 Å². The van der Waals surface area contributed by atoms with Gasteiger partial charge in [0.25, 0.3) is 0 Å². The highest BCUT2D eigenvalue weighted by molar-refractivity contribution is 5.65. The Balaban J connectivity index is 2.33. The molecule has 2 heteroatoms. The second-order valence-electron chi connectivity index (χ2n) is 6.86. The lowest BCUT2D eigenvalue weighted by molar-refractivity contribution is -0.141. The van der Waals surface area contributed by atoms with Crippen LogP contribution in [0.15, 0.2) is 12.2 Å². The van der Waals surface area contributed by atoms with E-state index >= 15 is 0 Å². The molecule has 0 aliphatic heterocycles. The molecule has 0 bridgehead atoms. The summed E-state index contributed by atoms with van der Waals surface area (Å²) < 4.78 is 5.01. The van der Waals surface area contributed by atoms with Gasteiger partial charge in [-0.25, -0.2) is 0 Å². The van der Waals surface area contributed by atoms with Crippen molar-refractivity contribution in [3.63, 3.8) is 0 Å². The maximum Gasteiger partial charge on any atom is 0.302 e. The molecule has 0 N–H and O–H groups in total. The highest BCUT2D eigenvalue weighted by atomic mass is 16.5. The Labute approximate surface area is 118 Å². The molecule has 1 aliphatic rings. The summed E-state index contributed by atoms with van der Waals surface area (Å²) in [5.41, 5.74) is 1.86. The first kappa shape index (κ1) is 16.3. The number of ether oxygens (including phenoxy) is 1. The molecule has 0 spiro atoms. The molecule has 1 fully saturated rings. The molecular formula is C17H30O2. The van der Waals surface area contributed by atoms with E-state index in [4.69, 9.17) is 4.74 Å². The molecular weight excluding hydrogens is 236 g/mol. The second-order valence-corrected chi connectivity index (χ2v) is 6.86. The van der Waals surface area contributed by atoms with E-state index in [0.29, 0.717) is 23.9 Å². The highest BCUT2D eigenvalue weighted by Gasteiger charge is 2.34. The first-order valence-electron chi connectivity index (χ1n) is 7.64. The summed E-state index contributed by atoms with van der Waals surface area (Å²) in [6.07, 6.45) is 7.22. The number of rotatable bonds is 6. The van der Waals surface area contributed by atoms with Crippen molar-refractivity contribution in [2.75, 3.05) is 6.61 Å². The van der Waals surface area contributed by atoms with Gasteiger partial charge in [0.1, 0.15) is 0 Å². The molecule has 1 rings (SSSR count). The minimum atomic E-state index is -0.172. The van der Waals surface area contributed by atoms with Gasteiger partial charge in [0.05, 0.1) is 6.61 Å². The minimum Gasteiger partial charge on any atom is -0.466 e. The van der Waals surface area contributed by atoms with Crippen LogP contribution < -0.4 is 0 Å². The van der Waals surface area contributed by atoms with Crippen LogP contribution in [0.1, 0.15) is 66.2 Å². The monoisotopic (exact) mass is 266 g/mol. The molecule has 2 atom stereocenters.